The van der Waals surface area contributed by atoms with Crippen molar-refractivity contribution in [3.8, 4) is 0 Å². The second-order valence-corrected chi connectivity index (χ2v) is 9.46. The number of rotatable bonds is 25. The van der Waals surface area contributed by atoms with Crippen LogP contribution in [0.2, 0.25) is 0 Å². The fourth-order valence-electron chi connectivity index (χ4n) is 3.51. The van der Waals surface area contributed by atoms with E-state index in [4.69, 9.17) is 9.47 Å². The van der Waals surface area contributed by atoms with Crippen LogP contribution < -0.4 is 0 Å². The van der Waals surface area contributed by atoms with Crippen molar-refractivity contribution in [2.45, 2.75) is 116 Å². The Morgan fingerprint density at radius 1 is 0.641 bits per heavy atom. The number of aliphatic hydroxyl groups excluding tert-OH is 1. The van der Waals surface area contributed by atoms with Crippen molar-refractivity contribution >= 4 is 11.9 Å². The minimum Gasteiger partial charge on any atom is -0.462 e. The lowest BCUT2D eigenvalue weighted by Gasteiger charge is -2.15. The van der Waals surface area contributed by atoms with Gasteiger partial charge in [-0.15, -0.1) is 0 Å². The van der Waals surface area contributed by atoms with Gasteiger partial charge in [0.15, 0.2) is 6.10 Å². The molecule has 0 amide bonds. The van der Waals surface area contributed by atoms with Gasteiger partial charge in [0.1, 0.15) is 6.61 Å². The summed E-state index contributed by atoms with van der Waals surface area (Å²) in [6.45, 7) is 3.82. The highest BCUT2D eigenvalue weighted by Crippen LogP contribution is 2.09. The van der Waals surface area contributed by atoms with Gasteiger partial charge in [0.2, 0.25) is 0 Å². The fraction of sp³-hybridized carbons (Fsp3) is 0.588. The second kappa shape index (κ2) is 29.9. The molecule has 0 fully saturated rings. The van der Waals surface area contributed by atoms with Crippen molar-refractivity contribution in [3.05, 3.63) is 72.9 Å². The lowest BCUT2D eigenvalue weighted by Crippen LogP contribution is -2.28. The summed E-state index contributed by atoms with van der Waals surface area (Å²) in [4.78, 5) is 23.9. The summed E-state index contributed by atoms with van der Waals surface area (Å²) in [5, 5.41) is 9.44. The van der Waals surface area contributed by atoms with E-state index < -0.39 is 12.1 Å². The van der Waals surface area contributed by atoms with Crippen LogP contribution in [-0.4, -0.2) is 36.4 Å². The van der Waals surface area contributed by atoms with E-state index >= 15 is 0 Å². The van der Waals surface area contributed by atoms with Crippen molar-refractivity contribution in [1.29, 1.82) is 0 Å². The first-order valence-electron chi connectivity index (χ1n) is 15.0. The fourth-order valence-corrected chi connectivity index (χ4v) is 3.51. The third kappa shape index (κ3) is 28.2. The van der Waals surface area contributed by atoms with Gasteiger partial charge >= 0.3 is 11.9 Å². The van der Waals surface area contributed by atoms with Crippen molar-refractivity contribution < 1.29 is 24.2 Å². The average Bonchev–Trinajstić information content (AvgIpc) is 2.94. The Bertz CT molecular complexity index is 758. The molecule has 5 nitrogen and oxygen atoms in total. The van der Waals surface area contributed by atoms with Crippen LogP contribution in [0, 0.1) is 0 Å². The number of hydrogen-bond acceptors (Lipinski definition) is 5. The zero-order chi connectivity index (χ0) is 28.7. The van der Waals surface area contributed by atoms with Crippen LogP contribution in [0.1, 0.15) is 110 Å². The SMILES string of the molecule is CC/C=C\C/C=C\C/C=C\C/C=C\C/C=C\CC(=O)OC(CO)COC(=O)CCCCCCC/C=C\CCC. The van der Waals surface area contributed by atoms with E-state index in [2.05, 4.69) is 74.6 Å². The van der Waals surface area contributed by atoms with Gasteiger partial charge in [-0.1, -0.05) is 112 Å². The molecule has 0 aliphatic carbocycles. The maximum absolute atomic E-state index is 12.0. The van der Waals surface area contributed by atoms with Gasteiger partial charge in [-0.2, -0.15) is 0 Å². The van der Waals surface area contributed by atoms with Crippen LogP contribution in [0.25, 0.3) is 0 Å². The average molecular weight is 543 g/mol. The van der Waals surface area contributed by atoms with Crippen LogP contribution in [0.3, 0.4) is 0 Å². The topological polar surface area (TPSA) is 72.8 Å². The maximum Gasteiger partial charge on any atom is 0.310 e. The Hall–Kier alpha value is -2.66. The van der Waals surface area contributed by atoms with Crippen molar-refractivity contribution in [3.63, 3.8) is 0 Å². The molecule has 0 saturated carbocycles. The summed E-state index contributed by atoms with van der Waals surface area (Å²) < 4.78 is 10.4. The molecular formula is C34H54O5. The zero-order valence-electron chi connectivity index (χ0n) is 24.6. The number of aliphatic hydroxyl groups is 1. The second-order valence-electron chi connectivity index (χ2n) is 9.46. The Labute approximate surface area is 238 Å². The van der Waals surface area contributed by atoms with Crippen LogP contribution in [0.5, 0.6) is 0 Å². The summed E-state index contributed by atoms with van der Waals surface area (Å²) in [5.41, 5.74) is 0. The number of esters is 2. The van der Waals surface area contributed by atoms with E-state index in [1.54, 1.807) is 6.08 Å². The number of carbonyl (C=O) groups excluding carboxylic acids is 2. The third-order valence-corrected chi connectivity index (χ3v) is 5.75. The van der Waals surface area contributed by atoms with Gasteiger partial charge < -0.3 is 14.6 Å². The van der Waals surface area contributed by atoms with E-state index in [-0.39, 0.29) is 25.6 Å². The molecule has 0 bridgehead atoms. The first-order chi connectivity index (χ1) is 19.1. The Kier molecular flexibility index (Phi) is 27.9. The van der Waals surface area contributed by atoms with Gasteiger partial charge in [0, 0.05) is 6.42 Å². The highest BCUT2D eigenvalue weighted by Gasteiger charge is 2.15. The van der Waals surface area contributed by atoms with Gasteiger partial charge in [-0.3, -0.25) is 9.59 Å². The van der Waals surface area contributed by atoms with Crippen molar-refractivity contribution in [2.24, 2.45) is 0 Å². The molecule has 220 valence electrons. The number of carbonyl (C=O) groups is 2. The molecule has 0 aromatic carbocycles. The molecule has 0 rings (SSSR count). The smallest absolute Gasteiger partial charge is 0.310 e. The van der Waals surface area contributed by atoms with Crippen molar-refractivity contribution in [1.82, 2.24) is 0 Å². The predicted molar refractivity (Wildman–Crippen MR) is 163 cm³/mol. The largest absolute Gasteiger partial charge is 0.462 e. The number of ether oxygens (including phenoxy) is 2. The minimum absolute atomic E-state index is 0.114. The first kappa shape index (κ1) is 36.3. The lowest BCUT2D eigenvalue weighted by molar-refractivity contribution is -0.160. The number of unbranched alkanes of at least 4 members (excludes halogenated alkanes) is 6. The highest BCUT2D eigenvalue weighted by molar-refractivity contribution is 5.71. The quantitative estimate of drug-likeness (QED) is 0.0710. The highest BCUT2D eigenvalue weighted by atomic mass is 16.6. The Morgan fingerprint density at radius 2 is 1.18 bits per heavy atom. The molecule has 1 atom stereocenters. The summed E-state index contributed by atoms with van der Waals surface area (Å²) in [6, 6.07) is 0. The molecule has 1 unspecified atom stereocenters. The maximum atomic E-state index is 12.0. The van der Waals surface area contributed by atoms with E-state index in [1.807, 2.05) is 6.08 Å². The molecule has 5 heteroatoms. The molecule has 0 aromatic heterocycles. The Morgan fingerprint density at radius 3 is 1.77 bits per heavy atom. The Balaban J connectivity index is 3.83. The number of hydrogen-bond donors (Lipinski definition) is 1. The van der Waals surface area contributed by atoms with Crippen molar-refractivity contribution in [2.75, 3.05) is 13.2 Å². The summed E-state index contributed by atoms with van der Waals surface area (Å²) in [7, 11) is 0. The first-order valence-corrected chi connectivity index (χ1v) is 15.0. The molecule has 0 aliphatic heterocycles. The predicted octanol–water partition coefficient (Wildman–Crippen LogP) is 8.66. The summed E-state index contributed by atoms with van der Waals surface area (Å²) in [6.07, 6.45) is 38.3. The van der Waals surface area contributed by atoms with E-state index in [0.717, 1.165) is 64.2 Å². The van der Waals surface area contributed by atoms with Gasteiger partial charge in [0.05, 0.1) is 13.0 Å². The monoisotopic (exact) mass is 542 g/mol. The molecule has 0 saturated heterocycles. The normalized spacial score (nSPS) is 13.2. The zero-order valence-corrected chi connectivity index (χ0v) is 24.6. The van der Waals surface area contributed by atoms with Crippen LogP contribution in [0.4, 0.5) is 0 Å². The molecule has 0 aliphatic rings. The van der Waals surface area contributed by atoms with Gasteiger partial charge in [0.25, 0.3) is 0 Å². The van der Waals surface area contributed by atoms with Crippen LogP contribution >= 0.6 is 0 Å². The minimum atomic E-state index is -0.829. The molecule has 1 N–H and O–H groups in total. The molecule has 0 radical (unpaired) electrons. The van der Waals surface area contributed by atoms with E-state index in [0.29, 0.717) is 6.42 Å². The van der Waals surface area contributed by atoms with Crippen LogP contribution in [-0.2, 0) is 19.1 Å². The summed E-state index contributed by atoms with van der Waals surface area (Å²) in [5.74, 6) is -0.763. The van der Waals surface area contributed by atoms with Gasteiger partial charge in [-0.05, 0) is 57.8 Å². The molecule has 0 aromatic rings. The summed E-state index contributed by atoms with van der Waals surface area (Å²) >= 11 is 0. The lowest BCUT2D eigenvalue weighted by atomic mass is 10.1. The van der Waals surface area contributed by atoms with Crippen LogP contribution in [0.15, 0.2) is 72.9 Å². The molecular weight excluding hydrogens is 488 g/mol. The van der Waals surface area contributed by atoms with Gasteiger partial charge in [-0.25, -0.2) is 0 Å². The molecule has 0 spiro atoms. The standard InChI is InChI=1S/C34H54O5/c1-3-5-7-9-11-13-15-16-17-18-19-21-23-25-27-29-34(37)39-32(30-35)31-38-33(36)28-26-24-22-20-14-12-10-8-6-4-2/h5,7-8,10-11,13,16-17,19,21,25,27,32,35H,3-4,6,9,12,14-15,18,20,22-24,26,28-31H2,1-2H3/b7-5-,10-8-,13-11-,17-16-,21-19-,27-25-. The molecule has 0 heterocycles. The number of allylic oxidation sites excluding steroid dienone is 11. The molecule has 39 heavy (non-hydrogen) atoms. The van der Waals surface area contributed by atoms with E-state index in [1.165, 1.54) is 19.3 Å². The third-order valence-electron chi connectivity index (χ3n) is 5.75. The van der Waals surface area contributed by atoms with E-state index in [9.17, 15) is 14.7 Å².